The van der Waals surface area contributed by atoms with Gasteiger partial charge in [-0.15, -0.1) is 11.3 Å². The molecule has 1 aromatic rings. The quantitative estimate of drug-likeness (QED) is 0.763. The van der Waals surface area contributed by atoms with Gasteiger partial charge < -0.3 is 10.1 Å². The molecule has 1 aromatic heterocycles. The molecule has 2 fully saturated rings. The summed E-state index contributed by atoms with van der Waals surface area (Å²) in [5.74, 6) is 0.855. The maximum absolute atomic E-state index is 6.23. The van der Waals surface area contributed by atoms with Crippen molar-refractivity contribution in [3.05, 3.63) is 21.3 Å². The fraction of sp³-hybridized carbons (Fsp3) is 0.765. The molecule has 3 atom stereocenters. The first-order valence-corrected chi connectivity index (χ1v) is 9.19. The number of nitrogens with one attached hydrogen (secondary N) is 1. The molecule has 3 unspecified atom stereocenters. The summed E-state index contributed by atoms with van der Waals surface area (Å²) < 4.78 is 7.09. The third-order valence-corrected chi connectivity index (χ3v) is 7.47. The van der Waals surface area contributed by atoms with Crippen molar-refractivity contribution < 1.29 is 4.74 Å². The van der Waals surface area contributed by atoms with Crippen LogP contribution in [0.15, 0.2) is 12.1 Å². The average molecular weight is 328 g/mol. The first-order valence-electron chi connectivity index (χ1n) is 8.00. The highest BCUT2D eigenvalue weighted by Gasteiger charge is 2.61. The predicted octanol–water partition coefficient (Wildman–Crippen LogP) is 4.72. The molecular weight excluding hydrogens is 302 g/mol. The second kappa shape index (κ2) is 5.84. The second-order valence-electron chi connectivity index (χ2n) is 7.35. The Morgan fingerprint density at radius 1 is 1.38 bits per heavy atom. The Hall–Kier alpha value is -0.0900. The van der Waals surface area contributed by atoms with Crippen LogP contribution in [-0.4, -0.2) is 19.3 Å². The Balaban J connectivity index is 1.41. The molecule has 118 valence electrons. The van der Waals surface area contributed by atoms with Crippen LogP contribution in [-0.2, 0) is 11.3 Å². The van der Waals surface area contributed by atoms with Gasteiger partial charge in [0, 0.05) is 18.0 Å². The zero-order valence-electron chi connectivity index (χ0n) is 13.2. The Morgan fingerprint density at radius 3 is 2.76 bits per heavy atom. The normalized spacial score (nSPS) is 33.7. The van der Waals surface area contributed by atoms with Crippen molar-refractivity contribution in [2.45, 2.75) is 52.7 Å². The molecule has 2 saturated carbocycles. The molecule has 0 aromatic carbocycles. The molecule has 2 bridgehead atoms. The molecule has 2 aliphatic rings. The van der Waals surface area contributed by atoms with Crippen LogP contribution in [0.4, 0.5) is 0 Å². The summed E-state index contributed by atoms with van der Waals surface area (Å²) in [6.45, 7) is 9.91. The lowest BCUT2D eigenvalue weighted by molar-refractivity contribution is -0.0450. The number of halogens is 1. The molecule has 0 amide bonds. The van der Waals surface area contributed by atoms with Crippen molar-refractivity contribution in [2.24, 2.45) is 16.7 Å². The van der Waals surface area contributed by atoms with Gasteiger partial charge in [-0.1, -0.05) is 32.4 Å². The number of rotatable bonds is 6. The van der Waals surface area contributed by atoms with Crippen LogP contribution in [0.3, 0.4) is 0 Å². The molecule has 0 radical (unpaired) electrons. The number of fused-ring (bicyclic) bond motifs is 2. The summed E-state index contributed by atoms with van der Waals surface area (Å²) in [4.78, 5) is 1.29. The zero-order chi connectivity index (χ0) is 15.1. The van der Waals surface area contributed by atoms with E-state index in [1.54, 1.807) is 11.3 Å². The first kappa shape index (κ1) is 15.8. The van der Waals surface area contributed by atoms with E-state index in [1.807, 2.05) is 6.07 Å². The van der Waals surface area contributed by atoms with E-state index in [0.29, 0.717) is 16.9 Å². The lowest BCUT2D eigenvalue weighted by Crippen LogP contribution is -2.38. The summed E-state index contributed by atoms with van der Waals surface area (Å²) in [7, 11) is 0. The number of hydrogen-bond acceptors (Lipinski definition) is 3. The summed E-state index contributed by atoms with van der Waals surface area (Å²) in [6.07, 6.45) is 4.42. The molecule has 4 heteroatoms. The van der Waals surface area contributed by atoms with Crippen LogP contribution < -0.4 is 5.32 Å². The Morgan fingerprint density at radius 2 is 2.19 bits per heavy atom. The van der Waals surface area contributed by atoms with Gasteiger partial charge >= 0.3 is 0 Å². The number of ether oxygens (including phenoxy) is 1. The fourth-order valence-corrected chi connectivity index (χ4v) is 5.37. The summed E-state index contributed by atoms with van der Waals surface area (Å²) in [5.41, 5.74) is 0.817. The largest absolute Gasteiger partial charge is 0.376 e. The van der Waals surface area contributed by atoms with E-state index < -0.39 is 0 Å². The van der Waals surface area contributed by atoms with Gasteiger partial charge in [-0.3, -0.25) is 0 Å². The monoisotopic (exact) mass is 327 g/mol. The molecule has 2 aliphatic carbocycles. The lowest BCUT2D eigenvalue weighted by atomic mass is 9.70. The van der Waals surface area contributed by atoms with Crippen LogP contribution in [0.5, 0.6) is 0 Å². The maximum atomic E-state index is 6.23. The van der Waals surface area contributed by atoms with Gasteiger partial charge in [0.05, 0.1) is 17.0 Å². The van der Waals surface area contributed by atoms with E-state index in [4.69, 9.17) is 16.3 Å². The van der Waals surface area contributed by atoms with E-state index in [2.05, 4.69) is 32.2 Å². The van der Waals surface area contributed by atoms with E-state index in [1.165, 1.54) is 24.1 Å². The number of thiophene rings is 1. The third kappa shape index (κ3) is 2.78. The predicted molar refractivity (Wildman–Crippen MR) is 90.0 cm³/mol. The molecule has 0 saturated heterocycles. The van der Waals surface area contributed by atoms with E-state index in [9.17, 15) is 0 Å². The first-order chi connectivity index (χ1) is 9.93. The molecular formula is C17H26ClNOS. The van der Waals surface area contributed by atoms with Crippen molar-refractivity contribution in [3.63, 3.8) is 0 Å². The minimum absolute atomic E-state index is 0.374. The molecule has 2 nitrogen and oxygen atoms in total. The molecule has 1 heterocycles. The maximum Gasteiger partial charge on any atom is 0.0931 e. The van der Waals surface area contributed by atoms with Crippen LogP contribution in [0.2, 0.25) is 4.34 Å². The summed E-state index contributed by atoms with van der Waals surface area (Å²) >= 11 is 7.57. The van der Waals surface area contributed by atoms with E-state index in [-0.39, 0.29) is 0 Å². The third-order valence-electron chi connectivity index (χ3n) is 6.24. The zero-order valence-corrected chi connectivity index (χ0v) is 14.8. The van der Waals surface area contributed by atoms with E-state index in [0.717, 1.165) is 30.0 Å². The smallest absolute Gasteiger partial charge is 0.0931 e. The SMILES string of the molecule is CC1(C)C2CCC1(C)C(OCCNCc1ccc(Cl)s1)C2. The summed E-state index contributed by atoms with van der Waals surface area (Å²) in [6, 6.07) is 4.04. The van der Waals surface area contributed by atoms with Crippen molar-refractivity contribution in [1.29, 1.82) is 0 Å². The van der Waals surface area contributed by atoms with Crippen LogP contribution in [0.1, 0.15) is 44.9 Å². The van der Waals surface area contributed by atoms with Crippen molar-refractivity contribution in [2.75, 3.05) is 13.2 Å². The van der Waals surface area contributed by atoms with Gasteiger partial charge in [0.15, 0.2) is 0 Å². The molecule has 0 spiro atoms. The Kier molecular flexibility index (Phi) is 4.39. The highest BCUT2D eigenvalue weighted by molar-refractivity contribution is 7.16. The second-order valence-corrected chi connectivity index (χ2v) is 9.15. The molecule has 0 aliphatic heterocycles. The lowest BCUT2D eigenvalue weighted by Gasteiger charge is -2.38. The fourth-order valence-electron chi connectivity index (χ4n) is 4.31. The van der Waals surface area contributed by atoms with Gasteiger partial charge in [-0.25, -0.2) is 0 Å². The number of hydrogen-bond donors (Lipinski definition) is 1. The van der Waals surface area contributed by atoms with Crippen LogP contribution in [0, 0.1) is 16.7 Å². The van der Waals surface area contributed by atoms with Crippen LogP contribution >= 0.6 is 22.9 Å². The molecule has 3 rings (SSSR count). The highest BCUT2D eigenvalue weighted by atomic mass is 35.5. The standard InChI is InChI=1S/C17H26ClNOS/c1-16(2)12-6-7-17(16,3)14(10-12)20-9-8-19-11-13-4-5-15(18)21-13/h4-5,12,14,19H,6-11H2,1-3H3. The molecule has 1 N–H and O–H groups in total. The van der Waals surface area contributed by atoms with E-state index >= 15 is 0 Å². The highest BCUT2D eigenvalue weighted by Crippen LogP contribution is 2.66. The summed E-state index contributed by atoms with van der Waals surface area (Å²) in [5, 5.41) is 3.44. The van der Waals surface area contributed by atoms with Gasteiger partial charge in [-0.2, -0.15) is 0 Å². The Bertz CT molecular complexity index is 501. The van der Waals surface area contributed by atoms with Gasteiger partial charge in [0.2, 0.25) is 0 Å². The van der Waals surface area contributed by atoms with Crippen LogP contribution in [0.25, 0.3) is 0 Å². The van der Waals surface area contributed by atoms with Crippen molar-refractivity contribution in [3.8, 4) is 0 Å². The van der Waals surface area contributed by atoms with Gasteiger partial charge in [0.25, 0.3) is 0 Å². The van der Waals surface area contributed by atoms with Gasteiger partial charge in [0.1, 0.15) is 0 Å². The average Bonchev–Trinajstić information content (AvgIpc) is 2.99. The van der Waals surface area contributed by atoms with Gasteiger partial charge in [-0.05, 0) is 48.1 Å². The topological polar surface area (TPSA) is 21.3 Å². The minimum atomic E-state index is 0.374. The minimum Gasteiger partial charge on any atom is -0.376 e. The molecule has 21 heavy (non-hydrogen) atoms. The van der Waals surface area contributed by atoms with Crippen molar-refractivity contribution >= 4 is 22.9 Å². The van der Waals surface area contributed by atoms with Crippen molar-refractivity contribution in [1.82, 2.24) is 5.32 Å². The Labute approximate surface area is 137 Å².